The highest BCUT2D eigenvalue weighted by atomic mass is 19.1. The third-order valence-corrected chi connectivity index (χ3v) is 4.42. The number of aromatic nitrogens is 1. The molecule has 0 bridgehead atoms. The molecule has 4 rings (SSSR count). The van der Waals surface area contributed by atoms with E-state index in [4.69, 9.17) is 0 Å². The molecule has 0 spiro atoms. The van der Waals surface area contributed by atoms with Crippen LogP contribution in [0, 0.1) is 0 Å². The zero-order valence-corrected chi connectivity index (χ0v) is 13.6. The third kappa shape index (κ3) is 2.50. The Balaban J connectivity index is 1.80. The molecule has 1 aromatic heterocycles. The van der Waals surface area contributed by atoms with E-state index in [0.29, 0.717) is 39.2 Å². The molecule has 0 aliphatic carbocycles. The summed E-state index contributed by atoms with van der Waals surface area (Å²) in [6, 6.07) is 13.2. The molecule has 3 aromatic rings. The number of carbonyl (C=O) groups excluding carboxylic acids is 1. The molecule has 2 N–H and O–H groups in total. The lowest BCUT2D eigenvalue weighted by molar-refractivity contribution is 0.101. The summed E-state index contributed by atoms with van der Waals surface area (Å²) >= 11 is 0. The van der Waals surface area contributed by atoms with Gasteiger partial charge in [0, 0.05) is 5.56 Å². The van der Waals surface area contributed by atoms with E-state index in [1.54, 1.807) is 48.5 Å². The number of rotatable bonds is 4. The molecule has 0 atom stereocenters. The first-order valence-electron chi connectivity index (χ1n) is 8.01. The fraction of sp³-hybridized carbons (Fsp3) is 0.100. The second-order valence-electron chi connectivity index (χ2n) is 6.03. The van der Waals surface area contributed by atoms with Crippen LogP contribution in [0.25, 0.3) is 11.3 Å². The minimum absolute atomic E-state index is 0.163. The quantitative estimate of drug-likeness (QED) is 0.734. The molecule has 6 heteroatoms. The van der Waals surface area contributed by atoms with E-state index in [-0.39, 0.29) is 11.4 Å². The first kappa shape index (κ1) is 16.2. The lowest BCUT2D eigenvalue weighted by Crippen LogP contribution is -2.00. The van der Waals surface area contributed by atoms with Gasteiger partial charge in [0.1, 0.15) is 13.3 Å². The Labute approximate surface area is 147 Å². The third-order valence-electron chi connectivity index (χ3n) is 4.42. The molecular formula is C20H14F2N2O2. The molecule has 1 aliphatic heterocycles. The number of aromatic hydroxyl groups is 1. The maximum atomic E-state index is 12.7. The zero-order chi connectivity index (χ0) is 18.3. The van der Waals surface area contributed by atoms with Crippen molar-refractivity contribution in [2.45, 2.75) is 13.3 Å². The Bertz CT molecular complexity index is 1020. The van der Waals surface area contributed by atoms with Crippen molar-refractivity contribution in [2.75, 3.05) is 0 Å². The summed E-state index contributed by atoms with van der Waals surface area (Å²) in [5.74, 6) is -0.630. The molecule has 0 unspecified atom stereocenters. The lowest BCUT2D eigenvalue weighted by atomic mass is 9.99. The number of H-pyrrole nitrogens is 1. The SMILES string of the molecule is O=C1N=C(c2ccc(CF)cc2)c2c(O)[nH]c(-c3ccc(CF)cc3)c21. The normalized spacial score (nSPS) is 13.0. The Morgan fingerprint density at radius 2 is 1.38 bits per heavy atom. The molecule has 26 heavy (non-hydrogen) atoms. The maximum absolute atomic E-state index is 12.7. The first-order chi connectivity index (χ1) is 12.6. The van der Waals surface area contributed by atoms with Crippen molar-refractivity contribution >= 4 is 11.6 Å². The number of alkyl halides is 2. The molecule has 0 saturated carbocycles. The van der Waals surface area contributed by atoms with E-state index < -0.39 is 19.3 Å². The van der Waals surface area contributed by atoms with Gasteiger partial charge in [-0.15, -0.1) is 0 Å². The van der Waals surface area contributed by atoms with Crippen molar-refractivity contribution in [3.05, 3.63) is 76.3 Å². The van der Waals surface area contributed by atoms with Gasteiger partial charge in [-0.1, -0.05) is 48.5 Å². The van der Waals surface area contributed by atoms with E-state index >= 15 is 0 Å². The number of aliphatic imine (C=N–C) groups is 1. The maximum Gasteiger partial charge on any atom is 0.280 e. The molecule has 1 aliphatic rings. The summed E-state index contributed by atoms with van der Waals surface area (Å²) in [7, 11) is 0. The van der Waals surface area contributed by atoms with Crippen LogP contribution in [-0.4, -0.2) is 21.7 Å². The standard InChI is InChI=1S/C20H14F2N2O2/c21-9-11-1-5-13(6-2-11)17-15-16(20(26)23-17)18(24-19(15)25)14-7-3-12(10-22)4-8-14/h1-8,23,26H,9-10H2. The van der Waals surface area contributed by atoms with Crippen molar-refractivity contribution in [2.24, 2.45) is 4.99 Å². The van der Waals surface area contributed by atoms with E-state index in [1.807, 2.05) is 0 Å². The Hall–Kier alpha value is -3.28. The van der Waals surface area contributed by atoms with E-state index in [9.17, 15) is 18.7 Å². The summed E-state index contributed by atoms with van der Waals surface area (Å²) < 4.78 is 25.4. The highest BCUT2D eigenvalue weighted by Gasteiger charge is 2.33. The zero-order valence-electron chi connectivity index (χ0n) is 13.6. The van der Waals surface area contributed by atoms with Crippen molar-refractivity contribution in [3.8, 4) is 17.1 Å². The van der Waals surface area contributed by atoms with Gasteiger partial charge in [-0.2, -0.15) is 0 Å². The fourth-order valence-corrected chi connectivity index (χ4v) is 3.08. The van der Waals surface area contributed by atoms with Gasteiger partial charge < -0.3 is 10.1 Å². The summed E-state index contributed by atoms with van der Waals surface area (Å²) in [5.41, 5.74) is 3.69. The van der Waals surface area contributed by atoms with E-state index in [1.165, 1.54) is 0 Å². The number of hydrogen-bond donors (Lipinski definition) is 2. The average molecular weight is 352 g/mol. The monoisotopic (exact) mass is 352 g/mol. The highest BCUT2D eigenvalue weighted by Crippen LogP contribution is 2.38. The van der Waals surface area contributed by atoms with Gasteiger partial charge in [-0.25, -0.2) is 13.8 Å². The minimum Gasteiger partial charge on any atom is -0.494 e. The number of aromatic amines is 1. The van der Waals surface area contributed by atoms with Crippen molar-refractivity contribution in [1.29, 1.82) is 0 Å². The van der Waals surface area contributed by atoms with Gasteiger partial charge >= 0.3 is 0 Å². The van der Waals surface area contributed by atoms with E-state index in [2.05, 4.69) is 9.98 Å². The average Bonchev–Trinajstić information content (AvgIpc) is 3.21. The lowest BCUT2D eigenvalue weighted by Gasteiger charge is -2.02. The molecule has 130 valence electrons. The number of nitrogens with zero attached hydrogens (tertiary/aromatic N) is 1. The Morgan fingerprint density at radius 3 is 1.92 bits per heavy atom. The number of halogens is 2. The molecule has 0 radical (unpaired) electrons. The van der Waals surface area contributed by atoms with Crippen LogP contribution in [0.5, 0.6) is 5.88 Å². The van der Waals surface area contributed by atoms with Crippen LogP contribution in [0.15, 0.2) is 53.5 Å². The van der Waals surface area contributed by atoms with Crippen LogP contribution in [0.3, 0.4) is 0 Å². The fourth-order valence-electron chi connectivity index (χ4n) is 3.08. The van der Waals surface area contributed by atoms with Crippen LogP contribution in [0.4, 0.5) is 8.78 Å². The molecule has 4 nitrogen and oxygen atoms in total. The minimum atomic E-state index is -0.578. The van der Waals surface area contributed by atoms with Gasteiger partial charge in [-0.3, -0.25) is 4.79 Å². The first-order valence-corrected chi connectivity index (χ1v) is 8.01. The molecule has 2 heterocycles. The van der Waals surface area contributed by atoms with E-state index in [0.717, 1.165) is 0 Å². The summed E-state index contributed by atoms with van der Waals surface area (Å²) in [4.78, 5) is 19.4. The van der Waals surface area contributed by atoms with Crippen molar-refractivity contribution in [3.63, 3.8) is 0 Å². The van der Waals surface area contributed by atoms with Gasteiger partial charge in [0.25, 0.3) is 5.91 Å². The Kier molecular flexibility index (Phi) is 3.88. The largest absolute Gasteiger partial charge is 0.494 e. The van der Waals surface area contributed by atoms with Crippen molar-refractivity contribution in [1.82, 2.24) is 4.98 Å². The second-order valence-corrected chi connectivity index (χ2v) is 6.03. The molecule has 0 saturated heterocycles. The van der Waals surface area contributed by atoms with Crippen LogP contribution in [0.2, 0.25) is 0 Å². The smallest absolute Gasteiger partial charge is 0.280 e. The molecule has 2 aromatic carbocycles. The predicted molar refractivity (Wildman–Crippen MR) is 93.9 cm³/mol. The van der Waals surface area contributed by atoms with Crippen LogP contribution in [-0.2, 0) is 13.3 Å². The topological polar surface area (TPSA) is 65.4 Å². The Morgan fingerprint density at radius 1 is 0.846 bits per heavy atom. The van der Waals surface area contributed by atoms with Gasteiger partial charge in [0.15, 0.2) is 5.88 Å². The predicted octanol–water partition coefficient (Wildman–Crippen LogP) is 4.32. The summed E-state index contributed by atoms with van der Waals surface area (Å²) in [5, 5.41) is 10.4. The number of nitrogens with one attached hydrogen (secondary N) is 1. The molecule has 1 amide bonds. The van der Waals surface area contributed by atoms with Crippen LogP contribution >= 0.6 is 0 Å². The summed E-state index contributed by atoms with van der Waals surface area (Å²) in [6.45, 7) is -1.15. The number of carbonyl (C=O) groups is 1. The molecular weight excluding hydrogens is 338 g/mol. The number of benzene rings is 2. The highest BCUT2D eigenvalue weighted by molar-refractivity contribution is 6.30. The van der Waals surface area contributed by atoms with Crippen LogP contribution in [0.1, 0.15) is 32.6 Å². The van der Waals surface area contributed by atoms with Crippen molar-refractivity contribution < 1.29 is 18.7 Å². The number of amides is 1. The van der Waals surface area contributed by atoms with Gasteiger partial charge in [-0.05, 0) is 16.7 Å². The van der Waals surface area contributed by atoms with Crippen LogP contribution < -0.4 is 0 Å². The van der Waals surface area contributed by atoms with Gasteiger partial charge in [0.05, 0.1) is 22.5 Å². The number of fused-ring (bicyclic) bond motifs is 1. The summed E-state index contributed by atoms with van der Waals surface area (Å²) in [6.07, 6.45) is 0. The second kappa shape index (κ2) is 6.22. The molecule has 0 fully saturated rings. The van der Waals surface area contributed by atoms with Gasteiger partial charge in [0.2, 0.25) is 0 Å². The number of hydrogen-bond acceptors (Lipinski definition) is 2.